The molecule has 0 aliphatic carbocycles. The van der Waals surface area contributed by atoms with Crippen molar-refractivity contribution >= 4 is 0 Å². The quantitative estimate of drug-likeness (QED) is 0.747. The lowest BCUT2D eigenvalue weighted by Crippen LogP contribution is -1.95. The summed E-state index contributed by atoms with van der Waals surface area (Å²) in [5.41, 5.74) is 4.85. The van der Waals surface area contributed by atoms with Gasteiger partial charge in [0.15, 0.2) is 0 Å². The normalized spacial score (nSPS) is 10.4. The van der Waals surface area contributed by atoms with Crippen LogP contribution in [0.15, 0.2) is 42.5 Å². The van der Waals surface area contributed by atoms with Gasteiger partial charge in [0.1, 0.15) is 0 Å². The zero-order valence-corrected chi connectivity index (χ0v) is 9.90. The van der Waals surface area contributed by atoms with E-state index in [2.05, 4.69) is 48.3 Å². The molecule has 2 rings (SSSR count). The first-order valence-electron chi connectivity index (χ1n) is 5.83. The van der Waals surface area contributed by atoms with Gasteiger partial charge in [-0.25, -0.2) is 0 Å². The third-order valence-corrected chi connectivity index (χ3v) is 2.69. The van der Waals surface area contributed by atoms with Crippen molar-refractivity contribution in [3.63, 3.8) is 0 Å². The summed E-state index contributed by atoms with van der Waals surface area (Å²) in [5.74, 6) is 0. The van der Waals surface area contributed by atoms with E-state index in [1.807, 2.05) is 13.0 Å². The molecule has 16 heavy (non-hydrogen) atoms. The van der Waals surface area contributed by atoms with E-state index in [4.69, 9.17) is 0 Å². The minimum atomic E-state index is 1.05. The molecule has 0 saturated carbocycles. The van der Waals surface area contributed by atoms with Crippen molar-refractivity contribution in [1.82, 2.24) is 4.98 Å². The Labute approximate surface area is 97.2 Å². The monoisotopic (exact) mass is 211 g/mol. The van der Waals surface area contributed by atoms with Gasteiger partial charge in [-0.1, -0.05) is 49.7 Å². The summed E-state index contributed by atoms with van der Waals surface area (Å²) in [5, 5.41) is 0. The molecule has 0 saturated heterocycles. The second-order valence-corrected chi connectivity index (χ2v) is 4.06. The van der Waals surface area contributed by atoms with Gasteiger partial charge in [-0.3, -0.25) is 4.98 Å². The highest BCUT2D eigenvalue weighted by Gasteiger charge is 2.05. The SMILES string of the molecule is CCCc1nc(C)ccc1-c1ccccc1. The van der Waals surface area contributed by atoms with Crippen LogP contribution in [0.4, 0.5) is 0 Å². The molecule has 1 nitrogen and oxygen atoms in total. The van der Waals surface area contributed by atoms with Gasteiger partial charge < -0.3 is 0 Å². The number of pyridine rings is 1. The molecular weight excluding hydrogens is 194 g/mol. The molecule has 0 bridgehead atoms. The van der Waals surface area contributed by atoms with E-state index in [1.165, 1.54) is 16.8 Å². The van der Waals surface area contributed by atoms with Gasteiger partial charge in [0.05, 0.1) is 0 Å². The first-order valence-corrected chi connectivity index (χ1v) is 5.83. The Morgan fingerprint density at radius 1 is 1.00 bits per heavy atom. The average Bonchev–Trinajstić information content (AvgIpc) is 2.31. The van der Waals surface area contributed by atoms with E-state index < -0.39 is 0 Å². The number of rotatable bonds is 3. The summed E-state index contributed by atoms with van der Waals surface area (Å²) in [4.78, 5) is 4.64. The summed E-state index contributed by atoms with van der Waals surface area (Å²) in [7, 11) is 0. The summed E-state index contributed by atoms with van der Waals surface area (Å²) in [6.07, 6.45) is 2.18. The fourth-order valence-corrected chi connectivity index (χ4v) is 1.92. The van der Waals surface area contributed by atoms with Crippen LogP contribution in [0.2, 0.25) is 0 Å². The number of hydrogen-bond acceptors (Lipinski definition) is 1. The van der Waals surface area contributed by atoms with Crippen LogP contribution in [0.25, 0.3) is 11.1 Å². The van der Waals surface area contributed by atoms with Crippen LogP contribution in [0.1, 0.15) is 24.7 Å². The molecule has 2 aromatic rings. The number of aryl methyl sites for hydroxylation is 2. The predicted octanol–water partition coefficient (Wildman–Crippen LogP) is 4.01. The zero-order chi connectivity index (χ0) is 11.4. The Morgan fingerprint density at radius 3 is 2.44 bits per heavy atom. The van der Waals surface area contributed by atoms with Gasteiger partial charge in [0.2, 0.25) is 0 Å². The van der Waals surface area contributed by atoms with Crippen molar-refractivity contribution in [3.05, 3.63) is 53.9 Å². The topological polar surface area (TPSA) is 12.9 Å². The molecule has 0 aliphatic rings. The molecule has 0 spiro atoms. The third kappa shape index (κ3) is 2.30. The standard InChI is InChI=1S/C15H17N/c1-3-7-15-14(11-10-12(2)16-15)13-8-5-4-6-9-13/h4-6,8-11H,3,7H2,1-2H3. The maximum absolute atomic E-state index is 4.64. The zero-order valence-electron chi connectivity index (χ0n) is 9.90. The van der Waals surface area contributed by atoms with Crippen LogP contribution in [0, 0.1) is 6.92 Å². The Bertz CT molecular complexity index is 460. The van der Waals surface area contributed by atoms with Crippen molar-refractivity contribution in [2.24, 2.45) is 0 Å². The minimum absolute atomic E-state index is 1.05. The molecule has 1 heteroatoms. The van der Waals surface area contributed by atoms with E-state index in [9.17, 15) is 0 Å². The molecule has 0 unspecified atom stereocenters. The van der Waals surface area contributed by atoms with Gasteiger partial charge in [0.25, 0.3) is 0 Å². The molecular formula is C15H17N. The van der Waals surface area contributed by atoms with Crippen LogP contribution in [-0.2, 0) is 6.42 Å². The average molecular weight is 211 g/mol. The van der Waals surface area contributed by atoms with Gasteiger partial charge in [-0.2, -0.15) is 0 Å². The van der Waals surface area contributed by atoms with E-state index in [0.29, 0.717) is 0 Å². The predicted molar refractivity (Wildman–Crippen MR) is 68.4 cm³/mol. The lowest BCUT2D eigenvalue weighted by molar-refractivity contribution is 0.877. The summed E-state index contributed by atoms with van der Waals surface area (Å²) >= 11 is 0. The summed E-state index contributed by atoms with van der Waals surface area (Å²) in [6.45, 7) is 4.24. The summed E-state index contributed by atoms with van der Waals surface area (Å²) in [6, 6.07) is 14.8. The molecule has 0 aliphatic heterocycles. The Hall–Kier alpha value is -1.63. The fraction of sp³-hybridized carbons (Fsp3) is 0.267. The molecule has 0 atom stereocenters. The summed E-state index contributed by atoms with van der Waals surface area (Å²) < 4.78 is 0. The molecule has 1 aromatic heterocycles. The van der Waals surface area contributed by atoms with E-state index in [-0.39, 0.29) is 0 Å². The third-order valence-electron chi connectivity index (χ3n) is 2.69. The Balaban J connectivity index is 2.48. The highest BCUT2D eigenvalue weighted by Crippen LogP contribution is 2.23. The van der Waals surface area contributed by atoms with Gasteiger partial charge in [-0.15, -0.1) is 0 Å². The first kappa shape index (κ1) is 10.9. The van der Waals surface area contributed by atoms with Crippen molar-refractivity contribution in [3.8, 4) is 11.1 Å². The molecule has 1 heterocycles. The number of hydrogen-bond donors (Lipinski definition) is 0. The lowest BCUT2D eigenvalue weighted by Gasteiger charge is -2.08. The van der Waals surface area contributed by atoms with Gasteiger partial charge in [-0.05, 0) is 25.0 Å². The van der Waals surface area contributed by atoms with E-state index >= 15 is 0 Å². The van der Waals surface area contributed by atoms with Gasteiger partial charge >= 0.3 is 0 Å². The number of aromatic nitrogens is 1. The molecule has 1 aromatic carbocycles. The minimum Gasteiger partial charge on any atom is -0.258 e. The van der Waals surface area contributed by atoms with Crippen LogP contribution < -0.4 is 0 Å². The number of benzene rings is 1. The van der Waals surface area contributed by atoms with Crippen LogP contribution in [0.5, 0.6) is 0 Å². The highest BCUT2D eigenvalue weighted by atomic mass is 14.7. The Kier molecular flexibility index (Phi) is 3.35. The number of nitrogens with zero attached hydrogens (tertiary/aromatic N) is 1. The van der Waals surface area contributed by atoms with Crippen LogP contribution >= 0.6 is 0 Å². The van der Waals surface area contributed by atoms with Crippen LogP contribution in [-0.4, -0.2) is 4.98 Å². The second-order valence-electron chi connectivity index (χ2n) is 4.06. The Morgan fingerprint density at radius 2 is 1.75 bits per heavy atom. The van der Waals surface area contributed by atoms with Crippen LogP contribution in [0.3, 0.4) is 0 Å². The van der Waals surface area contributed by atoms with Gasteiger partial charge in [0, 0.05) is 17.0 Å². The second kappa shape index (κ2) is 4.93. The molecule has 82 valence electrons. The lowest BCUT2D eigenvalue weighted by atomic mass is 10.0. The largest absolute Gasteiger partial charge is 0.258 e. The first-order chi connectivity index (χ1) is 7.81. The maximum Gasteiger partial charge on any atom is 0.0484 e. The fourth-order valence-electron chi connectivity index (χ4n) is 1.92. The van der Waals surface area contributed by atoms with Crippen molar-refractivity contribution in [2.45, 2.75) is 26.7 Å². The highest BCUT2D eigenvalue weighted by molar-refractivity contribution is 5.65. The van der Waals surface area contributed by atoms with Crippen molar-refractivity contribution < 1.29 is 0 Å². The van der Waals surface area contributed by atoms with Crippen molar-refractivity contribution in [1.29, 1.82) is 0 Å². The van der Waals surface area contributed by atoms with E-state index in [1.54, 1.807) is 0 Å². The molecule has 0 amide bonds. The van der Waals surface area contributed by atoms with Crippen molar-refractivity contribution in [2.75, 3.05) is 0 Å². The molecule has 0 N–H and O–H groups in total. The maximum atomic E-state index is 4.64. The molecule has 0 radical (unpaired) electrons. The molecule has 0 fully saturated rings. The van der Waals surface area contributed by atoms with E-state index in [0.717, 1.165) is 18.5 Å². The smallest absolute Gasteiger partial charge is 0.0484 e.